The van der Waals surface area contributed by atoms with E-state index in [0.29, 0.717) is 17.4 Å². The molecule has 1 saturated heterocycles. The Labute approximate surface area is 146 Å². The molecule has 132 valence electrons. The van der Waals surface area contributed by atoms with Gasteiger partial charge in [0.1, 0.15) is 11.8 Å². The summed E-state index contributed by atoms with van der Waals surface area (Å²) in [6.07, 6.45) is 1.30. The van der Waals surface area contributed by atoms with E-state index in [0.717, 1.165) is 0 Å². The monoisotopic (exact) mass is 369 g/mol. The highest BCUT2D eigenvalue weighted by molar-refractivity contribution is 6.32. The van der Waals surface area contributed by atoms with Crippen molar-refractivity contribution in [1.29, 1.82) is 0 Å². The molecule has 0 saturated carbocycles. The van der Waals surface area contributed by atoms with Crippen LogP contribution in [0.3, 0.4) is 0 Å². The van der Waals surface area contributed by atoms with Crippen molar-refractivity contribution in [1.82, 2.24) is 15.6 Å². The van der Waals surface area contributed by atoms with Gasteiger partial charge in [0, 0.05) is 30.1 Å². The number of ether oxygens (including phenoxy) is 1. The van der Waals surface area contributed by atoms with Crippen LogP contribution in [0.15, 0.2) is 24.4 Å². The summed E-state index contributed by atoms with van der Waals surface area (Å²) in [5, 5.41) is 5.81. The zero-order valence-electron chi connectivity index (χ0n) is 13.1. The Morgan fingerprint density at radius 2 is 2.20 bits per heavy atom. The van der Waals surface area contributed by atoms with Gasteiger partial charge in [-0.3, -0.25) is 14.6 Å². The number of hydrogen-bond donors (Lipinski definition) is 2. The number of carbonyl (C=O) groups is 2. The third-order valence-corrected chi connectivity index (χ3v) is 4.24. The van der Waals surface area contributed by atoms with E-state index in [1.165, 1.54) is 24.4 Å². The minimum absolute atomic E-state index is 0.0176. The smallest absolute Gasteiger partial charge is 0.387 e. The molecule has 2 atom stereocenters. The summed E-state index contributed by atoms with van der Waals surface area (Å²) < 4.78 is 29.0. The average Bonchev–Trinajstić information content (AvgIpc) is 2.86. The molecule has 1 aromatic heterocycles. The molecule has 1 aromatic carbocycles. The maximum atomic E-state index is 12.3. The number of alkyl halides is 2. The van der Waals surface area contributed by atoms with Crippen LogP contribution in [-0.2, 0) is 4.79 Å². The van der Waals surface area contributed by atoms with Crippen LogP contribution in [0, 0.1) is 5.92 Å². The van der Waals surface area contributed by atoms with Gasteiger partial charge in [0.05, 0.1) is 16.1 Å². The van der Waals surface area contributed by atoms with Crippen LogP contribution in [0.2, 0.25) is 5.02 Å². The molecule has 0 bridgehead atoms. The highest BCUT2D eigenvalue weighted by Crippen LogP contribution is 2.30. The second kappa shape index (κ2) is 6.79. The van der Waals surface area contributed by atoms with Gasteiger partial charge in [-0.05, 0) is 12.1 Å². The lowest BCUT2D eigenvalue weighted by Crippen LogP contribution is -2.42. The molecule has 25 heavy (non-hydrogen) atoms. The molecule has 1 aliphatic heterocycles. The summed E-state index contributed by atoms with van der Waals surface area (Å²) in [7, 11) is 0. The first kappa shape index (κ1) is 17.3. The Balaban J connectivity index is 1.85. The van der Waals surface area contributed by atoms with Gasteiger partial charge in [-0.25, -0.2) is 0 Å². The van der Waals surface area contributed by atoms with Gasteiger partial charge < -0.3 is 15.4 Å². The summed E-state index contributed by atoms with van der Waals surface area (Å²) in [6, 6.07) is 3.59. The Morgan fingerprint density at radius 1 is 1.44 bits per heavy atom. The maximum absolute atomic E-state index is 12.3. The molecule has 1 fully saturated rings. The SMILES string of the molecule is C[C@@H]1CNC(=O)[C@H]1NC(=O)c1cnc2cc(OC(F)F)c(Cl)cc2c1. The third kappa shape index (κ3) is 3.63. The Bertz CT molecular complexity index is 847. The molecule has 2 amide bonds. The van der Waals surface area contributed by atoms with Crippen molar-refractivity contribution in [2.45, 2.75) is 19.6 Å². The van der Waals surface area contributed by atoms with Crippen molar-refractivity contribution < 1.29 is 23.1 Å². The van der Waals surface area contributed by atoms with Crippen LogP contribution in [-0.4, -0.2) is 36.0 Å². The summed E-state index contributed by atoms with van der Waals surface area (Å²) in [5.74, 6) is -0.891. The van der Waals surface area contributed by atoms with Crippen molar-refractivity contribution in [3.63, 3.8) is 0 Å². The molecular weight excluding hydrogens is 356 g/mol. The maximum Gasteiger partial charge on any atom is 0.387 e. The number of aromatic nitrogens is 1. The number of nitrogens with one attached hydrogen (secondary N) is 2. The van der Waals surface area contributed by atoms with Gasteiger partial charge >= 0.3 is 6.61 Å². The lowest BCUT2D eigenvalue weighted by Gasteiger charge is -2.14. The number of halogens is 3. The third-order valence-electron chi connectivity index (χ3n) is 3.95. The number of benzene rings is 1. The first-order valence-corrected chi connectivity index (χ1v) is 7.85. The Morgan fingerprint density at radius 3 is 2.84 bits per heavy atom. The average molecular weight is 370 g/mol. The van der Waals surface area contributed by atoms with Crippen molar-refractivity contribution in [2.75, 3.05) is 6.54 Å². The molecule has 9 heteroatoms. The summed E-state index contributed by atoms with van der Waals surface area (Å²) >= 11 is 5.92. The summed E-state index contributed by atoms with van der Waals surface area (Å²) in [5.41, 5.74) is 0.585. The van der Waals surface area contributed by atoms with Gasteiger partial charge in [0.15, 0.2) is 0 Å². The first-order valence-electron chi connectivity index (χ1n) is 7.48. The van der Waals surface area contributed by atoms with Gasteiger partial charge in [0.2, 0.25) is 5.91 Å². The highest BCUT2D eigenvalue weighted by Gasteiger charge is 2.32. The molecule has 6 nitrogen and oxygen atoms in total. The van der Waals surface area contributed by atoms with E-state index in [-0.39, 0.29) is 28.2 Å². The van der Waals surface area contributed by atoms with E-state index in [1.807, 2.05) is 6.92 Å². The number of hydrogen-bond acceptors (Lipinski definition) is 4. The molecule has 0 aliphatic carbocycles. The van der Waals surface area contributed by atoms with E-state index < -0.39 is 18.6 Å². The predicted molar refractivity (Wildman–Crippen MR) is 86.8 cm³/mol. The van der Waals surface area contributed by atoms with Crippen molar-refractivity contribution in [2.24, 2.45) is 5.92 Å². The van der Waals surface area contributed by atoms with Gasteiger partial charge in [0.25, 0.3) is 5.91 Å². The minimum atomic E-state index is -3.00. The fourth-order valence-corrected chi connectivity index (χ4v) is 2.84. The largest absolute Gasteiger partial charge is 0.433 e. The molecule has 2 heterocycles. The number of carbonyl (C=O) groups excluding carboxylic acids is 2. The van der Waals surface area contributed by atoms with E-state index in [9.17, 15) is 18.4 Å². The van der Waals surface area contributed by atoms with Crippen LogP contribution < -0.4 is 15.4 Å². The number of pyridine rings is 1. The molecular formula is C16H14ClF2N3O3. The zero-order chi connectivity index (χ0) is 18.1. The van der Waals surface area contributed by atoms with Crippen molar-refractivity contribution in [3.05, 3.63) is 35.0 Å². The van der Waals surface area contributed by atoms with Gasteiger partial charge in [-0.2, -0.15) is 8.78 Å². The lowest BCUT2D eigenvalue weighted by atomic mass is 10.1. The number of rotatable bonds is 4. The van der Waals surface area contributed by atoms with Gasteiger partial charge in [-0.1, -0.05) is 18.5 Å². The summed E-state index contributed by atoms with van der Waals surface area (Å²) in [4.78, 5) is 28.1. The van der Waals surface area contributed by atoms with E-state index in [4.69, 9.17) is 11.6 Å². The van der Waals surface area contributed by atoms with Crippen LogP contribution in [0.1, 0.15) is 17.3 Å². The van der Waals surface area contributed by atoms with E-state index >= 15 is 0 Å². The molecule has 2 aromatic rings. The highest BCUT2D eigenvalue weighted by atomic mass is 35.5. The van der Waals surface area contributed by atoms with Crippen molar-refractivity contribution >= 4 is 34.3 Å². The molecule has 0 spiro atoms. The number of amides is 2. The van der Waals surface area contributed by atoms with Gasteiger partial charge in [-0.15, -0.1) is 0 Å². The Kier molecular flexibility index (Phi) is 4.71. The fraction of sp³-hybridized carbons (Fsp3) is 0.312. The quantitative estimate of drug-likeness (QED) is 0.867. The molecule has 0 radical (unpaired) electrons. The predicted octanol–water partition coefficient (Wildman–Crippen LogP) is 2.35. The topological polar surface area (TPSA) is 80.3 Å². The molecule has 3 rings (SSSR count). The summed E-state index contributed by atoms with van der Waals surface area (Å²) in [6.45, 7) is -0.645. The van der Waals surface area contributed by atoms with Crippen LogP contribution in [0.5, 0.6) is 5.75 Å². The van der Waals surface area contributed by atoms with Crippen LogP contribution in [0.25, 0.3) is 10.9 Å². The van der Waals surface area contributed by atoms with Crippen LogP contribution in [0.4, 0.5) is 8.78 Å². The molecule has 2 N–H and O–H groups in total. The molecule has 1 aliphatic rings. The number of nitrogens with zero attached hydrogens (tertiary/aromatic N) is 1. The second-order valence-corrected chi connectivity index (χ2v) is 6.16. The second-order valence-electron chi connectivity index (χ2n) is 5.75. The van der Waals surface area contributed by atoms with E-state index in [1.54, 1.807) is 0 Å². The zero-order valence-corrected chi connectivity index (χ0v) is 13.8. The minimum Gasteiger partial charge on any atom is -0.433 e. The van der Waals surface area contributed by atoms with Crippen molar-refractivity contribution in [3.8, 4) is 5.75 Å². The lowest BCUT2D eigenvalue weighted by molar-refractivity contribution is -0.121. The first-order chi connectivity index (χ1) is 11.8. The van der Waals surface area contributed by atoms with E-state index in [2.05, 4.69) is 20.4 Å². The standard InChI is InChI=1S/C16H14ClF2N3O3/c1-7-5-21-15(24)13(7)22-14(23)9-2-8-3-10(17)12(25-16(18)19)4-11(8)20-6-9/h2-4,6-7,13,16H,5H2,1H3,(H,21,24)(H,22,23)/t7-,13+/m1/s1. The Hall–Kier alpha value is -2.48. The number of fused-ring (bicyclic) bond motifs is 1. The molecule has 0 unspecified atom stereocenters. The fourth-order valence-electron chi connectivity index (χ4n) is 2.62. The normalized spacial score (nSPS) is 20.0. The van der Waals surface area contributed by atoms with Crippen LogP contribution >= 0.6 is 11.6 Å².